The van der Waals surface area contributed by atoms with Crippen LogP contribution in [0.3, 0.4) is 0 Å². The van der Waals surface area contributed by atoms with Gasteiger partial charge in [0.25, 0.3) is 0 Å². The van der Waals surface area contributed by atoms with Gasteiger partial charge in [-0.25, -0.2) is 0 Å². The smallest absolute Gasteiger partial charge is 0.187 e. The lowest BCUT2D eigenvalue weighted by molar-refractivity contribution is 0.104. The number of hydrogen-bond acceptors (Lipinski definition) is 3. The number of carbonyl (C=O) groups excluding carboxylic acids is 1. The van der Waals surface area contributed by atoms with E-state index in [0.29, 0.717) is 5.56 Å². The number of ether oxygens (including phenoxy) is 1. The van der Waals surface area contributed by atoms with E-state index in [0.717, 1.165) is 24.4 Å². The third-order valence-corrected chi connectivity index (χ3v) is 3.14. The van der Waals surface area contributed by atoms with Gasteiger partial charge in [-0.05, 0) is 36.1 Å². The SMILES string of the molecule is COc1ccc(C(=O)/C=C2/CC(C)(C)CN2)cc1. The Morgan fingerprint density at radius 1 is 1.33 bits per heavy atom. The van der Waals surface area contributed by atoms with Gasteiger partial charge in [0.15, 0.2) is 5.78 Å². The number of ketones is 1. The highest BCUT2D eigenvalue weighted by Gasteiger charge is 2.26. The average molecular weight is 245 g/mol. The van der Waals surface area contributed by atoms with Crippen molar-refractivity contribution < 1.29 is 9.53 Å². The molecule has 3 heteroatoms. The molecule has 96 valence electrons. The van der Waals surface area contributed by atoms with Gasteiger partial charge in [0.05, 0.1) is 7.11 Å². The molecule has 3 nitrogen and oxygen atoms in total. The van der Waals surface area contributed by atoms with Crippen molar-refractivity contribution in [3.63, 3.8) is 0 Å². The zero-order valence-electron chi connectivity index (χ0n) is 11.1. The van der Waals surface area contributed by atoms with Crippen molar-refractivity contribution >= 4 is 5.78 Å². The van der Waals surface area contributed by atoms with Crippen LogP contribution in [0.1, 0.15) is 30.6 Å². The molecule has 1 aromatic carbocycles. The molecule has 1 aliphatic rings. The molecular formula is C15H19NO2. The van der Waals surface area contributed by atoms with Gasteiger partial charge in [0, 0.05) is 23.9 Å². The molecule has 1 aromatic rings. The van der Waals surface area contributed by atoms with Crippen LogP contribution >= 0.6 is 0 Å². The molecule has 0 bridgehead atoms. The summed E-state index contributed by atoms with van der Waals surface area (Å²) in [5.41, 5.74) is 1.96. The van der Waals surface area contributed by atoms with Gasteiger partial charge in [-0.3, -0.25) is 4.79 Å². The summed E-state index contributed by atoms with van der Waals surface area (Å²) in [6.07, 6.45) is 2.63. The van der Waals surface area contributed by atoms with Gasteiger partial charge in [0.1, 0.15) is 5.75 Å². The van der Waals surface area contributed by atoms with Crippen molar-refractivity contribution in [3.8, 4) is 5.75 Å². The monoisotopic (exact) mass is 245 g/mol. The molecule has 0 aromatic heterocycles. The topological polar surface area (TPSA) is 38.3 Å². The standard InChI is InChI=1S/C15H19NO2/c1-15(2)9-12(16-10-15)8-14(17)11-4-6-13(18-3)7-5-11/h4-8,16H,9-10H2,1-3H3/b12-8-. The van der Waals surface area contributed by atoms with Gasteiger partial charge >= 0.3 is 0 Å². The number of allylic oxidation sites excluding steroid dienone is 2. The second-order valence-electron chi connectivity index (χ2n) is 5.46. The van der Waals surface area contributed by atoms with E-state index in [1.807, 2.05) is 0 Å². The quantitative estimate of drug-likeness (QED) is 0.657. The normalized spacial score (nSPS) is 19.6. The molecule has 1 aliphatic heterocycles. The van der Waals surface area contributed by atoms with Crippen LogP contribution in [0, 0.1) is 5.41 Å². The second-order valence-corrected chi connectivity index (χ2v) is 5.46. The zero-order chi connectivity index (χ0) is 13.2. The Balaban J connectivity index is 2.10. The van der Waals surface area contributed by atoms with Crippen LogP contribution in [0.2, 0.25) is 0 Å². The fourth-order valence-electron chi connectivity index (χ4n) is 2.09. The molecule has 0 radical (unpaired) electrons. The van der Waals surface area contributed by atoms with E-state index in [2.05, 4.69) is 19.2 Å². The molecule has 1 saturated heterocycles. The predicted octanol–water partition coefficient (Wildman–Crippen LogP) is 2.78. The molecule has 1 heterocycles. The number of benzene rings is 1. The van der Waals surface area contributed by atoms with Crippen LogP contribution in [0.5, 0.6) is 5.75 Å². The molecule has 0 saturated carbocycles. The van der Waals surface area contributed by atoms with Crippen molar-refractivity contribution in [1.82, 2.24) is 5.32 Å². The lowest BCUT2D eigenvalue weighted by Crippen LogP contribution is -2.15. The first-order valence-electron chi connectivity index (χ1n) is 6.13. The second kappa shape index (κ2) is 4.84. The minimum absolute atomic E-state index is 0.0397. The maximum absolute atomic E-state index is 12.1. The van der Waals surface area contributed by atoms with Crippen LogP contribution in [0.15, 0.2) is 36.0 Å². The molecule has 0 unspecified atom stereocenters. The maximum atomic E-state index is 12.1. The van der Waals surface area contributed by atoms with Gasteiger partial charge in [-0.2, -0.15) is 0 Å². The first kappa shape index (κ1) is 12.7. The number of methoxy groups -OCH3 is 1. The van der Waals surface area contributed by atoms with E-state index < -0.39 is 0 Å². The Morgan fingerprint density at radius 3 is 2.50 bits per heavy atom. The van der Waals surface area contributed by atoms with Gasteiger partial charge < -0.3 is 10.1 Å². The highest BCUT2D eigenvalue weighted by molar-refractivity contribution is 6.04. The summed E-state index contributed by atoms with van der Waals surface area (Å²) >= 11 is 0. The minimum Gasteiger partial charge on any atom is -0.497 e. The van der Waals surface area contributed by atoms with Crippen molar-refractivity contribution in [2.24, 2.45) is 5.41 Å². The van der Waals surface area contributed by atoms with Crippen molar-refractivity contribution in [2.75, 3.05) is 13.7 Å². The Bertz CT molecular complexity index is 472. The maximum Gasteiger partial charge on any atom is 0.187 e. The van der Waals surface area contributed by atoms with E-state index in [9.17, 15) is 4.79 Å². The van der Waals surface area contributed by atoms with E-state index >= 15 is 0 Å². The Labute approximate surface area is 108 Å². The Kier molecular flexibility index (Phi) is 3.41. The zero-order valence-corrected chi connectivity index (χ0v) is 11.1. The molecule has 0 spiro atoms. The lowest BCUT2D eigenvalue weighted by Gasteiger charge is -2.12. The summed E-state index contributed by atoms with van der Waals surface area (Å²) in [6, 6.07) is 7.19. The number of carbonyl (C=O) groups is 1. The van der Waals surface area contributed by atoms with Gasteiger partial charge in [0.2, 0.25) is 0 Å². The van der Waals surface area contributed by atoms with Crippen LogP contribution in [-0.4, -0.2) is 19.4 Å². The highest BCUT2D eigenvalue weighted by atomic mass is 16.5. The lowest BCUT2D eigenvalue weighted by atomic mass is 9.92. The third kappa shape index (κ3) is 2.92. The minimum atomic E-state index is 0.0397. The Hall–Kier alpha value is -1.77. The molecule has 0 atom stereocenters. The molecule has 18 heavy (non-hydrogen) atoms. The van der Waals surface area contributed by atoms with E-state index in [1.54, 1.807) is 37.5 Å². The largest absolute Gasteiger partial charge is 0.497 e. The fraction of sp³-hybridized carbons (Fsp3) is 0.400. The molecular weight excluding hydrogens is 226 g/mol. The number of hydrogen-bond donors (Lipinski definition) is 1. The highest BCUT2D eigenvalue weighted by Crippen LogP contribution is 2.29. The van der Waals surface area contributed by atoms with Crippen molar-refractivity contribution in [1.29, 1.82) is 0 Å². The molecule has 2 rings (SSSR count). The van der Waals surface area contributed by atoms with Crippen LogP contribution in [-0.2, 0) is 0 Å². The average Bonchev–Trinajstić information content (AvgIpc) is 2.68. The molecule has 1 fully saturated rings. The summed E-state index contributed by atoms with van der Waals surface area (Å²) in [7, 11) is 1.61. The van der Waals surface area contributed by atoms with Crippen molar-refractivity contribution in [2.45, 2.75) is 20.3 Å². The number of nitrogens with one attached hydrogen (secondary N) is 1. The van der Waals surface area contributed by atoms with Gasteiger partial charge in [-0.15, -0.1) is 0 Å². The third-order valence-electron chi connectivity index (χ3n) is 3.14. The first-order valence-corrected chi connectivity index (χ1v) is 6.13. The van der Waals surface area contributed by atoms with Crippen LogP contribution in [0.4, 0.5) is 0 Å². The summed E-state index contributed by atoms with van der Waals surface area (Å²) in [4.78, 5) is 12.1. The van der Waals surface area contributed by atoms with Crippen LogP contribution in [0.25, 0.3) is 0 Å². The summed E-state index contributed by atoms with van der Waals surface area (Å²) in [5, 5.41) is 3.29. The molecule has 0 amide bonds. The number of rotatable bonds is 3. The fourth-order valence-corrected chi connectivity index (χ4v) is 2.09. The summed E-state index contributed by atoms with van der Waals surface area (Å²) < 4.78 is 5.07. The predicted molar refractivity (Wildman–Crippen MR) is 71.8 cm³/mol. The molecule has 1 N–H and O–H groups in total. The van der Waals surface area contributed by atoms with Crippen molar-refractivity contribution in [3.05, 3.63) is 41.6 Å². The summed E-state index contributed by atoms with van der Waals surface area (Å²) in [6.45, 7) is 5.31. The van der Waals surface area contributed by atoms with Gasteiger partial charge in [-0.1, -0.05) is 13.8 Å². The van der Waals surface area contributed by atoms with Crippen LogP contribution < -0.4 is 10.1 Å². The van der Waals surface area contributed by atoms with E-state index in [1.165, 1.54) is 0 Å². The van der Waals surface area contributed by atoms with E-state index in [4.69, 9.17) is 4.74 Å². The first-order chi connectivity index (χ1) is 8.50. The van der Waals surface area contributed by atoms with E-state index in [-0.39, 0.29) is 11.2 Å². The Morgan fingerprint density at radius 2 is 2.00 bits per heavy atom. The summed E-state index contributed by atoms with van der Waals surface area (Å²) in [5.74, 6) is 0.803. The molecule has 0 aliphatic carbocycles.